The highest BCUT2D eigenvalue weighted by Gasteiger charge is 2.13. The van der Waals surface area contributed by atoms with Gasteiger partial charge in [-0.2, -0.15) is 8.78 Å². The molecule has 1 heterocycles. The summed E-state index contributed by atoms with van der Waals surface area (Å²) in [6.45, 7) is 0. The number of para-hydroxylation sites is 1. The molecule has 0 N–H and O–H groups in total. The van der Waals surface area contributed by atoms with Crippen LogP contribution in [0.25, 0.3) is 10.9 Å². The molecule has 0 bridgehead atoms. The monoisotopic (exact) mass is 183 g/mol. The Hall–Kier alpha value is -1.58. The van der Waals surface area contributed by atoms with Crippen molar-refractivity contribution in [1.29, 1.82) is 0 Å². The van der Waals surface area contributed by atoms with Crippen LogP contribution < -0.4 is 0 Å². The zero-order chi connectivity index (χ0) is 9.42. The highest BCUT2D eigenvalue weighted by Crippen LogP contribution is 2.19. The maximum atomic E-state index is 13.0. The van der Waals surface area contributed by atoms with Crippen molar-refractivity contribution < 1.29 is 13.2 Å². The van der Waals surface area contributed by atoms with Crippen LogP contribution in [0.5, 0.6) is 0 Å². The molecule has 4 heteroatoms. The van der Waals surface area contributed by atoms with Gasteiger partial charge in [0.15, 0.2) is 5.82 Å². The van der Waals surface area contributed by atoms with Gasteiger partial charge >= 0.3 is 0 Å². The van der Waals surface area contributed by atoms with Gasteiger partial charge in [-0.1, -0.05) is 12.1 Å². The average Bonchev–Trinajstić information content (AvgIpc) is 2.15. The number of hydrogen-bond acceptors (Lipinski definition) is 1. The molecule has 0 amide bonds. The van der Waals surface area contributed by atoms with Gasteiger partial charge in [0, 0.05) is 5.39 Å². The molecule has 2 aromatic rings. The van der Waals surface area contributed by atoms with Crippen molar-refractivity contribution in [2.75, 3.05) is 0 Å². The van der Waals surface area contributed by atoms with Crippen molar-refractivity contribution >= 4 is 10.9 Å². The summed E-state index contributed by atoms with van der Waals surface area (Å²) in [7, 11) is 0. The molecule has 0 spiro atoms. The molecule has 0 aliphatic carbocycles. The van der Waals surface area contributed by atoms with E-state index in [0.717, 1.165) is 0 Å². The van der Waals surface area contributed by atoms with Crippen molar-refractivity contribution in [3.05, 3.63) is 41.8 Å². The smallest absolute Gasteiger partial charge is 0.217 e. The lowest BCUT2D eigenvalue weighted by Gasteiger charge is -1.99. The second-order valence-electron chi connectivity index (χ2n) is 2.55. The Bertz CT molecular complexity index is 468. The van der Waals surface area contributed by atoms with Gasteiger partial charge in [-0.05, 0) is 12.1 Å². The van der Waals surface area contributed by atoms with E-state index in [4.69, 9.17) is 0 Å². The van der Waals surface area contributed by atoms with Crippen LogP contribution in [0.15, 0.2) is 24.3 Å². The second-order valence-corrected chi connectivity index (χ2v) is 2.55. The van der Waals surface area contributed by atoms with E-state index in [9.17, 15) is 13.2 Å². The van der Waals surface area contributed by atoms with E-state index in [1.807, 2.05) is 0 Å². The molecule has 0 saturated carbocycles. The highest BCUT2D eigenvalue weighted by molar-refractivity contribution is 5.78. The Kier molecular flexibility index (Phi) is 1.69. The molecule has 2 rings (SSSR count). The number of halogens is 3. The summed E-state index contributed by atoms with van der Waals surface area (Å²) in [6, 6.07) is 5.87. The Morgan fingerprint density at radius 1 is 0.923 bits per heavy atom. The van der Waals surface area contributed by atoms with Gasteiger partial charge < -0.3 is 0 Å². The van der Waals surface area contributed by atoms with Crippen molar-refractivity contribution in [3.8, 4) is 0 Å². The normalized spacial score (nSPS) is 10.7. The predicted octanol–water partition coefficient (Wildman–Crippen LogP) is 2.65. The quantitative estimate of drug-likeness (QED) is 0.572. The summed E-state index contributed by atoms with van der Waals surface area (Å²) in [5.74, 6) is -4.13. The third-order valence-corrected chi connectivity index (χ3v) is 1.73. The number of aromatic nitrogens is 1. The summed E-state index contributed by atoms with van der Waals surface area (Å²) >= 11 is 0. The fraction of sp³-hybridized carbons (Fsp3) is 0. The number of benzene rings is 1. The van der Waals surface area contributed by atoms with Crippen LogP contribution in [0.3, 0.4) is 0 Å². The number of nitrogens with zero attached hydrogens (tertiary/aromatic N) is 1. The minimum absolute atomic E-state index is 0.0126. The highest BCUT2D eigenvalue weighted by atomic mass is 19.2. The van der Waals surface area contributed by atoms with Gasteiger partial charge in [-0.25, -0.2) is 9.37 Å². The van der Waals surface area contributed by atoms with Gasteiger partial charge in [-0.15, -0.1) is 0 Å². The first-order valence-corrected chi connectivity index (χ1v) is 3.59. The molecule has 0 aliphatic heterocycles. The zero-order valence-corrected chi connectivity index (χ0v) is 6.39. The fourth-order valence-corrected chi connectivity index (χ4v) is 1.12. The largest absolute Gasteiger partial charge is 0.252 e. The molecule has 0 fully saturated rings. The molecule has 1 nitrogen and oxygen atoms in total. The molecule has 0 saturated heterocycles. The first-order chi connectivity index (χ1) is 6.20. The van der Waals surface area contributed by atoms with E-state index in [2.05, 4.69) is 4.98 Å². The number of hydrogen-bond donors (Lipinski definition) is 0. The van der Waals surface area contributed by atoms with Gasteiger partial charge in [-0.3, -0.25) is 0 Å². The second kappa shape index (κ2) is 2.73. The van der Waals surface area contributed by atoms with Crippen LogP contribution in [0.2, 0.25) is 0 Å². The maximum absolute atomic E-state index is 13.0. The van der Waals surface area contributed by atoms with E-state index >= 15 is 0 Å². The molecule has 13 heavy (non-hydrogen) atoms. The van der Waals surface area contributed by atoms with Crippen molar-refractivity contribution in [2.45, 2.75) is 0 Å². The van der Waals surface area contributed by atoms with Crippen LogP contribution in [-0.2, 0) is 0 Å². The van der Waals surface area contributed by atoms with Crippen LogP contribution in [0.4, 0.5) is 13.2 Å². The minimum Gasteiger partial charge on any atom is -0.217 e. The Balaban J connectivity index is 2.94. The van der Waals surface area contributed by atoms with Crippen LogP contribution in [-0.4, -0.2) is 4.98 Å². The minimum atomic E-state index is -1.53. The lowest BCUT2D eigenvalue weighted by molar-refractivity contribution is 0.435. The third-order valence-electron chi connectivity index (χ3n) is 1.73. The van der Waals surface area contributed by atoms with E-state index in [1.165, 1.54) is 18.2 Å². The lowest BCUT2D eigenvalue weighted by Crippen LogP contribution is -1.95. The molecule has 1 aromatic heterocycles. The van der Waals surface area contributed by atoms with Crippen LogP contribution >= 0.6 is 0 Å². The molecular formula is C9H4F3N. The lowest BCUT2D eigenvalue weighted by atomic mass is 10.2. The molecule has 0 atom stereocenters. The standard InChI is InChI=1S/C9H4F3N/c10-7-5-3-1-2-4-6(5)13-9(12)8(7)11/h1-4H. The predicted molar refractivity (Wildman–Crippen MR) is 41.6 cm³/mol. The molecule has 0 aliphatic rings. The summed E-state index contributed by atoms with van der Waals surface area (Å²) in [4.78, 5) is 3.25. The topological polar surface area (TPSA) is 12.9 Å². The maximum Gasteiger partial charge on any atom is 0.252 e. The van der Waals surface area contributed by atoms with E-state index in [-0.39, 0.29) is 10.9 Å². The Morgan fingerprint density at radius 2 is 1.62 bits per heavy atom. The number of pyridine rings is 1. The van der Waals surface area contributed by atoms with Crippen molar-refractivity contribution in [3.63, 3.8) is 0 Å². The Morgan fingerprint density at radius 3 is 2.38 bits per heavy atom. The van der Waals surface area contributed by atoms with Crippen LogP contribution in [0.1, 0.15) is 0 Å². The van der Waals surface area contributed by atoms with E-state index in [1.54, 1.807) is 6.07 Å². The summed E-state index contributed by atoms with van der Waals surface area (Å²) in [6.07, 6.45) is 0. The summed E-state index contributed by atoms with van der Waals surface area (Å²) < 4.78 is 38.2. The van der Waals surface area contributed by atoms with Crippen molar-refractivity contribution in [1.82, 2.24) is 4.98 Å². The average molecular weight is 183 g/mol. The number of fused-ring (bicyclic) bond motifs is 1. The summed E-state index contributed by atoms with van der Waals surface area (Å²) in [5.41, 5.74) is 0.110. The SMILES string of the molecule is Fc1nc2ccccc2c(F)c1F. The van der Waals surface area contributed by atoms with Gasteiger partial charge in [0.1, 0.15) is 0 Å². The summed E-state index contributed by atoms with van der Waals surface area (Å²) in [5, 5.41) is -0.0126. The molecule has 0 radical (unpaired) electrons. The molecular weight excluding hydrogens is 179 g/mol. The van der Waals surface area contributed by atoms with Crippen LogP contribution in [0, 0.1) is 17.6 Å². The Labute approximate surface area is 71.8 Å². The van der Waals surface area contributed by atoms with Gasteiger partial charge in [0.25, 0.3) is 5.95 Å². The molecule has 0 unspecified atom stereocenters. The molecule has 66 valence electrons. The van der Waals surface area contributed by atoms with E-state index in [0.29, 0.717) is 0 Å². The first kappa shape index (κ1) is 8.04. The number of rotatable bonds is 0. The molecule has 1 aromatic carbocycles. The van der Waals surface area contributed by atoms with E-state index < -0.39 is 17.6 Å². The van der Waals surface area contributed by atoms with Gasteiger partial charge in [0.05, 0.1) is 5.52 Å². The fourth-order valence-electron chi connectivity index (χ4n) is 1.12. The third kappa shape index (κ3) is 1.14. The van der Waals surface area contributed by atoms with Gasteiger partial charge in [0.2, 0.25) is 5.82 Å². The first-order valence-electron chi connectivity index (χ1n) is 3.59. The van der Waals surface area contributed by atoms with Crippen molar-refractivity contribution in [2.24, 2.45) is 0 Å². The zero-order valence-electron chi connectivity index (χ0n) is 6.39.